The Morgan fingerprint density at radius 2 is 2.08 bits per heavy atom. The number of aromatic nitrogens is 1. The third-order valence-corrected chi connectivity index (χ3v) is 5.10. The fraction of sp³-hybridized carbons (Fsp3) is 0.556. The van der Waals surface area contributed by atoms with Crippen molar-refractivity contribution >= 4 is 41.3 Å². The first-order valence-electron chi connectivity index (χ1n) is 8.71. The largest absolute Gasteiger partial charge is 0.359 e. The van der Waals surface area contributed by atoms with Gasteiger partial charge < -0.3 is 15.2 Å². The second-order valence-corrected chi connectivity index (χ2v) is 6.79. The molecule has 2 rings (SSSR count). The number of aliphatic imine (C=N–C) groups is 1. The van der Waals surface area contributed by atoms with E-state index in [1.54, 1.807) is 11.3 Å². The summed E-state index contributed by atoms with van der Waals surface area (Å²) in [5.41, 5.74) is 1.04. The molecule has 2 heterocycles. The standard InChI is InChI=1S/C18H28N4OS.HI/c1-5-14(6-2)16-11-15(23-22-16)12-20-18(19-7-3)21-13(4)17-9-8-10-24-17;/h8-11,13-14H,5-7,12H2,1-4H3,(H2,19,20,21);1H. The number of hydrogen-bond acceptors (Lipinski definition) is 4. The Bertz CT molecular complexity index is 623. The number of nitrogens with one attached hydrogen (secondary N) is 2. The van der Waals surface area contributed by atoms with Gasteiger partial charge in [-0.3, -0.25) is 0 Å². The summed E-state index contributed by atoms with van der Waals surface area (Å²) < 4.78 is 5.44. The van der Waals surface area contributed by atoms with Crippen LogP contribution in [0.2, 0.25) is 0 Å². The monoisotopic (exact) mass is 476 g/mol. The van der Waals surface area contributed by atoms with Crippen LogP contribution in [-0.2, 0) is 6.54 Å². The van der Waals surface area contributed by atoms with Gasteiger partial charge in [-0.1, -0.05) is 25.1 Å². The van der Waals surface area contributed by atoms with Crippen LogP contribution in [0.25, 0.3) is 0 Å². The molecule has 0 spiro atoms. The third-order valence-electron chi connectivity index (χ3n) is 4.04. The predicted molar refractivity (Wildman–Crippen MR) is 116 cm³/mol. The van der Waals surface area contributed by atoms with Gasteiger partial charge in [0.2, 0.25) is 0 Å². The van der Waals surface area contributed by atoms with E-state index in [0.717, 1.165) is 36.8 Å². The fourth-order valence-corrected chi connectivity index (χ4v) is 3.33. The third kappa shape index (κ3) is 6.62. The molecule has 7 heteroatoms. The van der Waals surface area contributed by atoms with Crippen molar-refractivity contribution in [3.63, 3.8) is 0 Å². The van der Waals surface area contributed by atoms with E-state index >= 15 is 0 Å². The van der Waals surface area contributed by atoms with Crippen LogP contribution >= 0.6 is 35.3 Å². The minimum absolute atomic E-state index is 0. The van der Waals surface area contributed by atoms with E-state index in [1.807, 2.05) is 6.07 Å². The van der Waals surface area contributed by atoms with Crippen molar-refractivity contribution < 1.29 is 4.52 Å². The summed E-state index contributed by atoms with van der Waals surface area (Å²) in [5, 5.41) is 13.0. The van der Waals surface area contributed by atoms with Crippen LogP contribution in [0.15, 0.2) is 33.1 Å². The second-order valence-electron chi connectivity index (χ2n) is 5.81. The molecule has 2 aromatic rings. The fourth-order valence-electron chi connectivity index (χ4n) is 2.59. The van der Waals surface area contributed by atoms with E-state index in [9.17, 15) is 0 Å². The normalized spacial score (nSPS) is 12.8. The zero-order valence-electron chi connectivity index (χ0n) is 15.4. The van der Waals surface area contributed by atoms with Crippen LogP contribution < -0.4 is 10.6 Å². The molecule has 0 amide bonds. The highest BCUT2D eigenvalue weighted by Crippen LogP contribution is 2.22. The Balaban J connectivity index is 0.00000312. The van der Waals surface area contributed by atoms with E-state index < -0.39 is 0 Å². The molecule has 0 aromatic carbocycles. The SMILES string of the molecule is CCNC(=NCc1cc(C(CC)CC)no1)NC(C)c1cccs1.I. The number of thiophene rings is 1. The molecule has 1 unspecified atom stereocenters. The first-order valence-corrected chi connectivity index (χ1v) is 9.59. The Morgan fingerprint density at radius 3 is 2.68 bits per heavy atom. The van der Waals surface area contributed by atoms with Gasteiger partial charge in [-0.15, -0.1) is 35.3 Å². The molecular formula is C18H29IN4OS. The summed E-state index contributed by atoms with van der Waals surface area (Å²) in [4.78, 5) is 5.91. The quantitative estimate of drug-likeness (QED) is 0.317. The van der Waals surface area contributed by atoms with Gasteiger partial charge in [-0.05, 0) is 38.1 Å². The smallest absolute Gasteiger partial charge is 0.192 e. The van der Waals surface area contributed by atoms with Gasteiger partial charge in [-0.2, -0.15) is 0 Å². The van der Waals surface area contributed by atoms with Crippen LogP contribution in [0.5, 0.6) is 0 Å². The first-order chi connectivity index (χ1) is 11.7. The van der Waals surface area contributed by atoms with Gasteiger partial charge in [0.25, 0.3) is 0 Å². The lowest BCUT2D eigenvalue weighted by molar-refractivity contribution is 0.372. The van der Waals surface area contributed by atoms with Crippen LogP contribution in [0.1, 0.15) is 68.8 Å². The average Bonchev–Trinajstić information content (AvgIpc) is 3.26. The predicted octanol–water partition coefficient (Wildman–Crippen LogP) is 5.07. The topological polar surface area (TPSA) is 62.5 Å². The van der Waals surface area contributed by atoms with Crippen molar-refractivity contribution in [2.45, 2.75) is 59.0 Å². The summed E-state index contributed by atoms with van der Waals surface area (Å²) in [5.74, 6) is 2.06. The molecule has 5 nitrogen and oxygen atoms in total. The number of rotatable bonds is 8. The molecule has 0 aliphatic heterocycles. The highest BCUT2D eigenvalue weighted by Gasteiger charge is 2.13. The summed E-state index contributed by atoms with van der Waals surface area (Å²) in [6.45, 7) is 9.86. The van der Waals surface area contributed by atoms with Crippen LogP contribution in [0.3, 0.4) is 0 Å². The van der Waals surface area contributed by atoms with Crippen molar-refractivity contribution in [2.75, 3.05) is 6.54 Å². The van der Waals surface area contributed by atoms with E-state index in [0.29, 0.717) is 12.5 Å². The molecule has 1 atom stereocenters. The molecule has 25 heavy (non-hydrogen) atoms. The molecule has 2 aromatic heterocycles. The maximum Gasteiger partial charge on any atom is 0.192 e. The van der Waals surface area contributed by atoms with Gasteiger partial charge >= 0.3 is 0 Å². The van der Waals surface area contributed by atoms with E-state index in [-0.39, 0.29) is 30.0 Å². The maximum absolute atomic E-state index is 5.44. The van der Waals surface area contributed by atoms with Crippen molar-refractivity contribution in [1.29, 1.82) is 0 Å². The molecule has 0 aliphatic carbocycles. The summed E-state index contributed by atoms with van der Waals surface area (Å²) >= 11 is 1.74. The van der Waals surface area contributed by atoms with E-state index in [2.05, 4.69) is 66.0 Å². The number of halogens is 1. The molecule has 0 fully saturated rings. The highest BCUT2D eigenvalue weighted by atomic mass is 127. The molecule has 0 bridgehead atoms. The highest BCUT2D eigenvalue weighted by molar-refractivity contribution is 14.0. The Morgan fingerprint density at radius 1 is 1.32 bits per heavy atom. The minimum Gasteiger partial charge on any atom is -0.359 e. The van der Waals surface area contributed by atoms with Crippen molar-refractivity contribution in [3.8, 4) is 0 Å². The number of hydrogen-bond donors (Lipinski definition) is 2. The van der Waals surface area contributed by atoms with Gasteiger partial charge in [0.05, 0.1) is 11.7 Å². The maximum atomic E-state index is 5.44. The van der Waals surface area contributed by atoms with Crippen LogP contribution in [0.4, 0.5) is 0 Å². The van der Waals surface area contributed by atoms with E-state index in [1.165, 1.54) is 4.88 Å². The zero-order chi connectivity index (χ0) is 17.4. The Labute approximate surface area is 171 Å². The number of guanidine groups is 1. The van der Waals surface area contributed by atoms with E-state index in [4.69, 9.17) is 4.52 Å². The lowest BCUT2D eigenvalue weighted by atomic mass is 9.99. The lowest BCUT2D eigenvalue weighted by Crippen LogP contribution is -2.38. The Kier molecular flexibility index (Phi) is 10.1. The molecule has 0 radical (unpaired) electrons. The van der Waals surface area contributed by atoms with Gasteiger partial charge in [0.15, 0.2) is 11.7 Å². The molecule has 0 aliphatic rings. The number of nitrogens with zero attached hydrogens (tertiary/aromatic N) is 2. The van der Waals surface area contributed by atoms with Crippen LogP contribution in [0, 0.1) is 0 Å². The van der Waals surface area contributed by atoms with Crippen molar-refractivity contribution in [1.82, 2.24) is 15.8 Å². The summed E-state index contributed by atoms with van der Waals surface area (Å²) in [6, 6.07) is 6.45. The minimum atomic E-state index is 0. The zero-order valence-corrected chi connectivity index (χ0v) is 18.6. The van der Waals surface area contributed by atoms with Crippen LogP contribution in [-0.4, -0.2) is 17.7 Å². The van der Waals surface area contributed by atoms with Gasteiger partial charge in [0.1, 0.15) is 6.54 Å². The summed E-state index contributed by atoms with van der Waals surface area (Å²) in [7, 11) is 0. The molecule has 0 saturated carbocycles. The second kappa shape index (κ2) is 11.5. The van der Waals surface area contributed by atoms with Gasteiger partial charge in [-0.25, -0.2) is 4.99 Å². The Hall–Kier alpha value is -1.09. The average molecular weight is 476 g/mol. The molecule has 0 saturated heterocycles. The molecular weight excluding hydrogens is 447 g/mol. The van der Waals surface area contributed by atoms with Crippen molar-refractivity contribution in [3.05, 3.63) is 39.9 Å². The molecule has 140 valence electrons. The summed E-state index contributed by atoms with van der Waals surface area (Å²) in [6.07, 6.45) is 2.16. The van der Waals surface area contributed by atoms with Gasteiger partial charge in [0, 0.05) is 23.4 Å². The van der Waals surface area contributed by atoms with Crippen molar-refractivity contribution in [2.24, 2.45) is 4.99 Å². The lowest BCUT2D eigenvalue weighted by Gasteiger charge is -2.16. The first kappa shape index (κ1) is 22.0. The molecule has 2 N–H and O–H groups in total.